The Labute approximate surface area is 140 Å². The lowest BCUT2D eigenvalue weighted by molar-refractivity contribution is 0.284. The lowest BCUT2D eigenvalue weighted by atomic mass is 10.1. The van der Waals surface area contributed by atoms with Crippen LogP contribution in [0.2, 0.25) is 0 Å². The number of aryl methyl sites for hydroxylation is 1. The van der Waals surface area contributed by atoms with Gasteiger partial charge in [0.1, 0.15) is 0 Å². The number of hydrogen-bond acceptors (Lipinski definition) is 2. The lowest BCUT2D eigenvalue weighted by Crippen LogP contribution is -2.46. The van der Waals surface area contributed by atoms with Crippen LogP contribution in [0.25, 0.3) is 6.08 Å². The van der Waals surface area contributed by atoms with Crippen molar-refractivity contribution in [1.29, 1.82) is 0 Å². The lowest BCUT2D eigenvalue weighted by Gasteiger charge is -2.36. The van der Waals surface area contributed by atoms with E-state index >= 15 is 0 Å². The molecule has 0 aromatic heterocycles. The maximum Gasteiger partial charge on any atom is 0.0399 e. The maximum absolute atomic E-state index is 2.53. The molecule has 0 atom stereocenters. The summed E-state index contributed by atoms with van der Waals surface area (Å²) in [6.07, 6.45) is 4.50. The first-order valence-corrected chi connectivity index (χ1v) is 8.49. The van der Waals surface area contributed by atoms with Gasteiger partial charge in [0.05, 0.1) is 0 Å². The third-order valence-electron chi connectivity index (χ3n) is 4.76. The Balaban J connectivity index is 1.52. The van der Waals surface area contributed by atoms with Crippen LogP contribution >= 0.6 is 0 Å². The van der Waals surface area contributed by atoms with Gasteiger partial charge in [0, 0.05) is 38.4 Å². The highest BCUT2D eigenvalue weighted by Crippen LogP contribution is 2.23. The van der Waals surface area contributed by atoms with Gasteiger partial charge in [-0.2, -0.15) is 0 Å². The molecule has 0 spiro atoms. The van der Waals surface area contributed by atoms with Gasteiger partial charge in [-0.1, -0.05) is 54.6 Å². The SMILES string of the molecule is Cc1cccc(N2CCN(C/C=C/c3ccccc3)CC2)c1C. The van der Waals surface area contributed by atoms with E-state index in [1.807, 2.05) is 0 Å². The van der Waals surface area contributed by atoms with Crippen LogP contribution in [0.5, 0.6) is 0 Å². The molecule has 2 heteroatoms. The summed E-state index contributed by atoms with van der Waals surface area (Å²) >= 11 is 0. The van der Waals surface area contributed by atoms with Gasteiger partial charge >= 0.3 is 0 Å². The van der Waals surface area contributed by atoms with E-state index in [1.165, 1.54) is 22.4 Å². The van der Waals surface area contributed by atoms with Crippen LogP contribution in [-0.4, -0.2) is 37.6 Å². The second kappa shape index (κ2) is 7.47. The summed E-state index contributed by atoms with van der Waals surface area (Å²) < 4.78 is 0. The quantitative estimate of drug-likeness (QED) is 0.837. The first kappa shape index (κ1) is 15.8. The van der Waals surface area contributed by atoms with Crippen molar-refractivity contribution >= 4 is 11.8 Å². The zero-order chi connectivity index (χ0) is 16.1. The Bertz CT molecular complexity index is 653. The molecule has 0 saturated carbocycles. The van der Waals surface area contributed by atoms with Gasteiger partial charge in [-0.05, 0) is 36.6 Å². The minimum atomic E-state index is 1.04. The first-order valence-electron chi connectivity index (χ1n) is 8.49. The molecule has 0 radical (unpaired) electrons. The molecule has 1 aliphatic heterocycles. The molecule has 0 unspecified atom stereocenters. The Morgan fingerprint density at radius 1 is 0.870 bits per heavy atom. The summed E-state index contributed by atoms with van der Waals surface area (Å²) in [4.78, 5) is 5.06. The highest BCUT2D eigenvalue weighted by atomic mass is 15.3. The van der Waals surface area contributed by atoms with E-state index in [0.29, 0.717) is 0 Å². The third-order valence-corrected chi connectivity index (χ3v) is 4.76. The first-order chi connectivity index (χ1) is 11.2. The van der Waals surface area contributed by atoms with Crippen molar-refractivity contribution in [3.63, 3.8) is 0 Å². The molecule has 0 bridgehead atoms. The van der Waals surface area contributed by atoms with Crippen LogP contribution < -0.4 is 4.90 Å². The fourth-order valence-corrected chi connectivity index (χ4v) is 3.15. The van der Waals surface area contributed by atoms with Crippen molar-refractivity contribution < 1.29 is 0 Å². The molecule has 1 saturated heterocycles. The Kier molecular flexibility index (Phi) is 5.14. The van der Waals surface area contributed by atoms with Crippen LogP contribution in [0.3, 0.4) is 0 Å². The molecule has 23 heavy (non-hydrogen) atoms. The van der Waals surface area contributed by atoms with Crippen molar-refractivity contribution in [2.24, 2.45) is 0 Å². The standard InChI is InChI=1S/C21H26N2/c1-18-8-6-12-21(19(18)2)23-16-14-22(15-17-23)13-7-11-20-9-4-3-5-10-20/h3-12H,13-17H2,1-2H3/b11-7+. The number of benzene rings is 2. The van der Waals surface area contributed by atoms with Gasteiger partial charge in [0.25, 0.3) is 0 Å². The zero-order valence-corrected chi connectivity index (χ0v) is 14.2. The fourth-order valence-electron chi connectivity index (χ4n) is 3.15. The van der Waals surface area contributed by atoms with E-state index in [2.05, 4.69) is 84.3 Å². The number of rotatable bonds is 4. The molecule has 2 aromatic carbocycles. The highest BCUT2D eigenvalue weighted by molar-refractivity contribution is 5.56. The van der Waals surface area contributed by atoms with Gasteiger partial charge < -0.3 is 4.90 Å². The van der Waals surface area contributed by atoms with E-state index < -0.39 is 0 Å². The predicted molar refractivity (Wildman–Crippen MR) is 100 cm³/mol. The Morgan fingerprint density at radius 2 is 1.61 bits per heavy atom. The normalized spacial score (nSPS) is 16.2. The fraction of sp³-hybridized carbons (Fsp3) is 0.333. The zero-order valence-electron chi connectivity index (χ0n) is 14.2. The molecule has 0 amide bonds. The minimum absolute atomic E-state index is 1.04. The van der Waals surface area contributed by atoms with Crippen LogP contribution in [0.15, 0.2) is 54.6 Å². The molecular weight excluding hydrogens is 280 g/mol. The molecule has 0 aliphatic carbocycles. The summed E-state index contributed by atoms with van der Waals surface area (Å²) in [5, 5.41) is 0. The molecule has 3 rings (SSSR count). The van der Waals surface area contributed by atoms with E-state index in [1.54, 1.807) is 0 Å². The molecule has 1 fully saturated rings. The number of nitrogens with zero attached hydrogens (tertiary/aromatic N) is 2. The summed E-state index contributed by atoms with van der Waals surface area (Å²) in [7, 11) is 0. The van der Waals surface area contributed by atoms with Gasteiger partial charge in [0.15, 0.2) is 0 Å². The summed E-state index contributed by atoms with van der Waals surface area (Å²) in [6, 6.07) is 17.2. The smallest absolute Gasteiger partial charge is 0.0399 e. The van der Waals surface area contributed by atoms with Crippen LogP contribution in [0.4, 0.5) is 5.69 Å². The number of anilines is 1. The van der Waals surface area contributed by atoms with E-state index in [0.717, 1.165) is 32.7 Å². The summed E-state index contributed by atoms with van der Waals surface area (Å²) in [5.74, 6) is 0. The van der Waals surface area contributed by atoms with E-state index in [4.69, 9.17) is 0 Å². The van der Waals surface area contributed by atoms with Gasteiger partial charge in [-0.25, -0.2) is 0 Å². The Hall–Kier alpha value is -2.06. The molecule has 2 aromatic rings. The number of piperazine rings is 1. The second-order valence-electron chi connectivity index (χ2n) is 6.32. The molecule has 2 nitrogen and oxygen atoms in total. The topological polar surface area (TPSA) is 6.48 Å². The van der Waals surface area contributed by atoms with Crippen molar-refractivity contribution in [1.82, 2.24) is 4.90 Å². The van der Waals surface area contributed by atoms with Crippen LogP contribution in [0, 0.1) is 13.8 Å². The second-order valence-corrected chi connectivity index (χ2v) is 6.32. The van der Waals surface area contributed by atoms with Gasteiger partial charge in [-0.15, -0.1) is 0 Å². The largest absolute Gasteiger partial charge is 0.369 e. The molecule has 0 N–H and O–H groups in total. The average molecular weight is 306 g/mol. The Morgan fingerprint density at radius 3 is 2.35 bits per heavy atom. The van der Waals surface area contributed by atoms with Crippen LogP contribution in [-0.2, 0) is 0 Å². The van der Waals surface area contributed by atoms with Gasteiger partial charge in [-0.3, -0.25) is 4.90 Å². The van der Waals surface area contributed by atoms with E-state index in [9.17, 15) is 0 Å². The summed E-state index contributed by atoms with van der Waals surface area (Å²) in [6.45, 7) is 9.96. The van der Waals surface area contributed by atoms with Crippen molar-refractivity contribution in [3.05, 3.63) is 71.3 Å². The van der Waals surface area contributed by atoms with Crippen molar-refractivity contribution in [3.8, 4) is 0 Å². The molecule has 1 heterocycles. The van der Waals surface area contributed by atoms with E-state index in [-0.39, 0.29) is 0 Å². The predicted octanol–water partition coefficient (Wildman–Crippen LogP) is 4.14. The van der Waals surface area contributed by atoms with Crippen molar-refractivity contribution in [2.45, 2.75) is 13.8 Å². The van der Waals surface area contributed by atoms with Gasteiger partial charge in [0.2, 0.25) is 0 Å². The molecular formula is C21H26N2. The molecule has 120 valence electrons. The third kappa shape index (κ3) is 4.02. The maximum atomic E-state index is 2.53. The summed E-state index contributed by atoms with van der Waals surface area (Å²) in [5.41, 5.74) is 5.49. The van der Waals surface area contributed by atoms with Crippen LogP contribution in [0.1, 0.15) is 16.7 Å². The number of hydrogen-bond donors (Lipinski definition) is 0. The highest BCUT2D eigenvalue weighted by Gasteiger charge is 2.17. The minimum Gasteiger partial charge on any atom is -0.369 e. The average Bonchev–Trinajstić information content (AvgIpc) is 2.59. The van der Waals surface area contributed by atoms with Crippen molar-refractivity contribution in [2.75, 3.05) is 37.6 Å². The molecule has 1 aliphatic rings. The monoisotopic (exact) mass is 306 g/mol.